The zero-order chi connectivity index (χ0) is 13.8. The number of aliphatic hydroxyl groups excluding tert-OH is 2. The van der Waals surface area contributed by atoms with E-state index in [1.165, 1.54) is 18.2 Å². The van der Waals surface area contributed by atoms with Gasteiger partial charge in [0.05, 0.1) is 23.3 Å². The third-order valence-corrected chi connectivity index (χ3v) is 5.10. The minimum absolute atomic E-state index is 0.0694. The Morgan fingerprint density at radius 1 is 1.11 bits per heavy atom. The van der Waals surface area contributed by atoms with Crippen molar-refractivity contribution >= 4 is 33.2 Å². The molecule has 1 aromatic carbocycles. The lowest BCUT2D eigenvalue weighted by Crippen LogP contribution is -2.36. The van der Waals surface area contributed by atoms with Gasteiger partial charge in [-0.25, -0.2) is 8.42 Å². The highest BCUT2D eigenvalue weighted by Crippen LogP contribution is 2.30. The summed E-state index contributed by atoms with van der Waals surface area (Å²) in [5.74, 6) is 0. The van der Waals surface area contributed by atoms with Crippen LogP contribution in [0.4, 0.5) is 0 Å². The van der Waals surface area contributed by atoms with Gasteiger partial charge >= 0.3 is 0 Å². The molecule has 0 radical (unpaired) electrons. The monoisotopic (exact) mass is 313 g/mol. The SMILES string of the molecule is O=S(=O)(c1cccc(Cl)c1Cl)N(CCO)CCO. The fraction of sp³-hybridized carbons (Fsp3) is 0.400. The van der Waals surface area contributed by atoms with E-state index in [1.54, 1.807) is 0 Å². The van der Waals surface area contributed by atoms with E-state index in [2.05, 4.69) is 0 Å². The van der Waals surface area contributed by atoms with Crippen LogP contribution in [0.2, 0.25) is 10.0 Å². The number of rotatable bonds is 6. The van der Waals surface area contributed by atoms with Gasteiger partial charge in [-0.05, 0) is 12.1 Å². The average Bonchev–Trinajstić information content (AvgIpc) is 2.32. The highest BCUT2D eigenvalue weighted by molar-refractivity contribution is 7.89. The minimum Gasteiger partial charge on any atom is -0.395 e. The van der Waals surface area contributed by atoms with Crippen molar-refractivity contribution in [3.05, 3.63) is 28.2 Å². The quantitative estimate of drug-likeness (QED) is 0.820. The largest absolute Gasteiger partial charge is 0.395 e. The molecule has 8 heteroatoms. The molecule has 0 heterocycles. The normalized spacial score (nSPS) is 12.1. The highest BCUT2D eigenvalue weighted by Gasteiger charge is 2.26. The van der Waals surface area contributed by atoms with E-state index in [9.17, 15) is 8.42 Å². The summed E-state index contributed by atoms with van der Waals surface area (Å²) in [5.41, 5.74) is 0. The molecule has 0 aliphatic rings. The number of benzene rings is 1. The summed E-state index contributed by atoms with van der Waals surface area (Å²) >= 11 is 11.6. The molecule has 0 aromatic heterocycles. The van der Waals surface area contributed by atoms with E-state index >= 15 is 0 Å². The minimum atomic E-state index is -3.88. The van der Waals surface area contributed by atoms with E-state index in [0.717, 1.165) is 4.31 Å². The Morgan fingerprint density at radius 2 is 1.67 bits per heavy atom. The summed E-state index contributed by atoms with van der Waals surface area (Å²) in [5, 5.41) is 17.8. The van der Waals surface area contributed by atoms with Crippen LogP contribution in [-0.2, 0) is 10.0 Å². The van der Waals surface area contributed by atoms with Gasteiger partial charge in [0.15, 0.2) is 0 Å². The molecular formula is C10H13Cl2NO4S. The molecule has 0 aliphatic heterocycles. The van der Waals surface area contributed by atoms with Gasteiger partial charge in [-0.15, -0.1) is 0 Å². The van der Waals surface area contributed by atoms with Gasteiger partial charge in [0, 0.05) is 13.1 Å². The molecule has 18 heavy (non-hydrogen) atoms. The lowest BCUT2D eigenvalue weighted by Gasteiger charge is -2.21. The summed E-state index contributed by atoms with van der Waals surface area (Å²) < 4.78 is 25.4. The van der Waals surface area contributed by atoms with Crippen LogP contribution in [0.5, 0.6) is 0 Å². The number of aliphatic hydroxyl groups is 2. The van der Waals surface area contributed by atoms with Crippen LogP contribution < -0.4 is 0 Å². The molecule has 2 N–H and O–H groups in total. The third kappa shape index (κ3) is 3.34. The van der Waals surface area contributed by atoms with Gasteiger partial charge in [0.2, 0.25) is 10.0 Å². The van der Waals surface area contributed by atoms with Gasteiger partial charge in [-0.1, -0.05) is 29.3 Å². The Labute approximate surface area is 116 Å². The predicted octanol–water partition coefficient (Wildman–Crippen LogP) is 0.969. The van der Waals surface area contributed by atoms with E-state index in [-0.39, 0.29) is 41.2 Å². The van der Waals surface area contributed by atoms with Crippen LogP contribution in [-0.4, -0.2) is 49.2 Å². The van der Waals surface area contributed by atoms with Gasteiger partial charge in [0.25, 0.3) is 0 Å². The van der Waals surface area contributed by atoms with Crippen molar-refractivity contribution in [2.75, 3.05) is 26.3 Å². The van der Waals surface area contributed by atoms with E-state index < -0.39 is 10.0 Å². The highest BCUT2D eigenvalue weighted by atomic mass is 35.5. The lowest BCUT2D eigenvalue weighted by molar-refractivity contribution is 0.217. The smallest absolute Gasteiger partial charge is 0.244 e. The molecule has 0 unspecified atom stereocenters. The maximum Gasteiger partial charge on any atom is 0.244 e. The molecule has 102 valence electrons. The van der Waals surface area contributed by atoms with Crippen molar-refractivity contribution in [3.8, 4) is 0 Å². The number of nitrogens with zero attached hydrogens (tertiary/aromatic N) is 1. The summed E-state index contributed by atoms with van der Waals surface area (Å²) in [6.45, 7) is -0.938. The van der Waals surface area contributed by atoms with Gasteiger partial charge in [0.1, 0.15) is 4.90 Å². The lowest BCUT2D eigenvalue weighted by atomic mass is 10.4. The van der Waals surface area contributed by atoms with E-state index in [1.807, 2.05) is 0 Å². The maximum atomic E-state index is 12.2. The van der Waals surface area contributed by atoms with Crippen molar-refractivity contribution in [1.29, 1.82) is 0 Å². The Balaban J connectivity index is 3.22. The molecular weight excluding hydrogens is 301 g/mol. The van der Waals surface area contributed by atoms with Crippen LogP contribution in [0, 0.1) is 0 Å². The fourth-order valence-corrected chi connectivity index (χ4v) is 3.56. The van der Waals surface area contributed by atoms with Crippen LogP contribution >= 0.6 is 23.2 Å². The standard InChI is InChI=1S/C10H13Cl2NO4S/c11-8-2-1-3-9(10(8)12)18(16,17)13(4-6-14)5-7-15/h1-3,14-15H,4-7H2. The van der Waals surface area contributed by atoms with Gasteiger partial charge in [-0.2, -0.15) is 4.31 Å². The predicted molar refractivity (Wildman–Crippen MR) is 69.4 cm³/mol. The average molecular weight is 314 g/mol. The van der Waals surface area contributed by atoms with Crippen LogP contribution in [0.25, 0.3) is 0 Å². The summed E-state index contributed by atoms with van der Waals surface area (Å²) in [6.07, 6.45) is 0. The molecule has 0 amide bonds. The fourth-order valence-electron chi connectivity index (χ4n) is 1.40. The first-order valence-electron chi connectivity index (χ1n) is 5.11. The maximum absolute atomic E-state index is 12.2. The molecule has 0 aliphatic carbocycles. The summed E-state index contributed by atoms with van der Waals surface area (Å²) in [7, 11) is -3.88. The topological polar surface area (TPSA) is 77.8 Å². The number of hydrogen-bond donors (Lipinski definition) is 2. The van der Waals surface area contributed by atoms with E-state index in [0.29, 0.717) is 0 Å². The second-order valence-corrected chi connectivity index (χ2v) is 6.09. The Hall–Kier alpha value is -0.370. The summed E-state index contributed by atoms with van der Waals surface area (Å²) in [6, 6.07) is 4.27. The molecule has 0 spiro atoms. The van der Waals surface area contributed by atoms with Crippen molar-refractivity contribution in [1.82, 2.24) is 4.31 Å². The first-order chi connectivity index (χ1) is 8.45. The zero-order valence-electron chi connectivity index (χ0n) is 9.38. The second-order valence-electron chi connectivity index (χ2n) is 3.40. The molecule has 0 fully saturated rings. The van der Waals surface area contributed by atoms with Crippen molar-refractivity contribution in [2.45, 2.75) is 4.90 Å². The van der Waals surface area contributed by atoms with Crippen LogP contribution in [0.3, 0.4) is 0 Å². The van der Waals surface area contributed by atoms with Crippen molar-refractivity contribution in [2.24, 2.45) is 0 Å². The van der Waals surface area contributed by atoms with Crippen molar-refractivity contribution in [3.63, 3.8) is 0 Å². The Kier molecular flexibility index (Phi) is 5.84. The molecule has 0 bridgehead atoms. The van der Waals surface area contributed by atoms with Crippen LogP contribution in [0.1, 0.15) is 0 Å². The molecule has 0 saturated heterocycles. The third-order valence-electron chi connectivity index (χ3n) is 2.23. The Bertz CT molecular complexity index is 501. The molecule has 1 rings (SSSR count). The number of sulfonamides is 1. The van der Waals surface area contributed by atoms with Gasteiger partial charge in [-0.3, -0.25) is 0 Å². The van der Waals surface area contributed by atoms with E-state index in [4.69, 9.17) is 33.4 Å². The van der Waals surface area contributed by atoms with Crippen molar-refractivity contribution < 1.29 is 18.6 Å². The zero-order valence-corrected chi connectivity index (χ0v) is 11.7. The molecule has 1 aromatic rings. The Morgan fingerprint density at radius 3 is 2.17 bits per heavy atom. The molecule has 0 atom stereocenters. The van der Waals surface area contributed by atoms with Crippen LogP contribution in [0.15, 0.2) is 23.1 Å². The molecule has 0 saturated carbocycles. The second kappa shape index (κ2) is 6.70. The first kappa shape index (κ1) is 15.7. The number of hydrogen-bond acceptors (Lipinski definition) is 4. The first-order valence-corrected chi connectivity index (χ1v) is 7.30. The van der Waals surface area contributed by atoms with Gasteiger partial charge < -0.3 is 10.2 Å². The number of halogens is 2. The summed E-state index contributed by atoms with van der Waals surface area (Å²) in [4.78, 5) is -0.140. The molecule has 5 nitrogen and oxygen atoms in total.